The third kappa shape index (κ3) is 3.03. The van der Waals surface area contributed by atoms with Crippen LogP contribution in [0.1, 0.15) is 32.7 Å². The number of amides is 2. The molecular formula is C9H13N3O2S. The van der Waals surface area contributed by atoms with Crippen molar-refractivity contribution in [1.29, 1.82) is 0 Å². The molecule has 0 aromatic carbocycles. The molecule has 2 amide bonds. The number of nitrogens with two attached hydrogens (primary N) is 1. The highest BCUT2D eigenvalue weighted by Crippen LogP contribution is 2.15. The van der Waals surface area contributed by atoms with Crippen LogP contribution in [0.5, 0.6) is 0 Å². The molecule has 5 nitrogen and oxygen atoms in total. The van der Waals surface area contributed by atoms with E-state index in [1.54, 1.807) is 12.1 Å². The first-order chi connectivity index (χ1) is 7.19. The maximum atomic E-state index is 11.5. The van der Waals surface area contributed by atoms with E-state index < -0.39 is 0 Å². The highest BCUT2D eigenvalue weighted by Gasteiger charge is 2.11. The van der Waals surface area contributed by atoms with Crippen molar-refractivity contribution >= 4 is 23.2 Å². The Balaban J connectivity index is 2.67. The fourth-order valence-corrected chi connectivity index (χ4v) is 1.80. The minimum atomic E-state index is -0.380. The van der Waals surface area contributed by atoms with Gasteiger partial charge in [0.1, 0.15) is 0 Å². The summed E-state index contributed by atoms with van der Waals surface area (Å²) >= 11 is 1.12. The van der Waals surface area contributed by atoms with Gasteiger partial charge in [0.05, 0.1) is 9.75 Å². The van der Waals surface area contributed by atoms with Gasteiger partial charge in [0.25, 0.3) is 11.8 Å². The van der Waals surface area contributed by atoms with Crippen LogP contribution in [0.2, 0.25) is 0 Å². The molecule has 0 aliphatic carbocycles. The topological polar surface area (TPSA) is 84.2 Å². The second-order valence-corrected chi connectivity index (χ2v) is 3.98. The monoisotopic (exact) mass is 227 g/mol. The van der Waals surface area contributed by atoms with Crippen molar-refractivity contribution in [1.82, 2.24) is 10.7 Å². The van der Waals surface area contributed by atoms with Crippen molar-refractivity contribution in [3.63, 3.8) is 0 Å². The van der Waals surface area contributed by atoms with Gasteiger partial charge >= 0.3 is 0 Å². The number of carbonyl (C=O) groups is 2. The Kier molecular flexibility index (Phi) is 4.26. The molecule has 0 atom stereocenters. The average molecular weight is 227 g/mol. The second-order valence-electron chi connectivity index (χ2n) is 2.89. The van der Waals surface area contributed by atoms with E-state index in [0.29, 0.717) is 16.3 Å². The van der Waals surface area contributed by atoms with Gasteiger partial charge in [-0.25, -0.2) is 5.84 Å². The van der Waals surface area contributed by atoms with Gasteiger partial charge in [0, 0.05) is 6.54 Å². The smallest absolute Gasteiger partial charge is 0.275 e. The van der Waals surface area contributed by atoms with Crippen LogP contribution in [0.15, 0.2) is 12.1 Å². The van der Waals surface area contributed by atoms with Gasteiger partial charge in [-0.05, 0) is 18.6 Å². The molecule has 0 saturated heterocycles. The molecule has 0 aliphatic heterocycles. The molecule has 0 saturated carbocycles. The van der Waals surface area contributed by atoms with E-state index in [1.807, 2.05) is 12.3 Å². The molecular weight excluding hydrogens is 214 g/mol. The van der Waals surface area contributed by atoms with Crippen LogP contribution in [0.3, 0.4) is 0 Å². The normalized spacial score (nSPS) is 9.73. The first-order valence-corrected chi connectivity index (χ1v) is 5.39. The first-order valence-electron chi connectivity index (χ1n) is 4.58. The number of carbonyl (C=O) groups excluding carboxylic acids is 2. The van der Waals surface area contributed by atoms with Gasteiger partial charge in [-0.2, -0.15) is 0 Å². The zero-order valence-corrected chi connectivity index (χ0v) is 9.19. The van der Waals surface area contributed by atoms with Crippen LogP contribution in [-0.2, 0) is 0 Å². The van der Waals surface area contributed by atoms with E-state index in [9.17, 15) is 9.59 Å². The summed E-state index contributed by atoms with van der Waals surface area (Å²) in [7, 11) is 0. The Hall–Kier alpha value is -1.40. The second kappa shape index (κ2) is 5.47. The van der Waals surface area contributed by atoms with Crippen molar-refractivity contribution < 1.29 is 9.59 Å². The number of nitrogen functional groups attached to an aromatic ring is 1. The van der Waals surface area contributed by atoms with Crippen LogP contribution in [-0.4, -0.2) is 18.4 Å². The molecule has 0 bridgehead atoms. The fourth-order valence-electron chi connectivity index (χ4n) is 0.979. The molecule has 4 N–H and O–H groups in total. The molecule has 0 aliphatic rings. The zero-order chi connectivity index (χ0) is 11.3. The minimum absolute atomic E-state index is 0.155. The predicted molar refractivity (Wildman–Crippen MR) is 58.6 cm³/mol. The molecule has 0 fully saturated rings. The Morgan fingerprint density at radius 3 is 2.47 bits per heavy atom. The lowest BCUT2D eigenvalue weighted by molar-refractivity contribution is 0.0951. The quantitative estimate of drug-likeness (QED) is 0.397. The molecule has 0 radical (unpaired) electrons. The predicted octanol–water partition coefficient (Wildman–Crippen LogP) is 0.491. The number of rotatable bonds is 4. The minimum Gasteiger partial charge on any atom is -0.351 e. The average Bonchev–Trinajstić information content (AvgIpc) is 2.74. The molecule has 1 rings (SSSR count). The number of hydrazine groups is 1. The van der Waals surface area contributed by atoms with E-state index in [4.69, 9.17) is 5.84 Å². The molecule has 82 valence electrons. The third-order valence-corrected chi connectivity index (χ3v) is 2.80. The number of hydrogen-bond acceptors (Lipinski definition) is 4. The summed E-state index contributed by atoms with van der Waals surface area (Å²) in [5, 5.41) is 2.73. The highest BCUT2D eigenvalue weighted by atomic mass is 32.1. The standard InChI is InChI=1S/C9H13N3O2S/c1-2-5-11-8(13)6-3-4-7(15-6)9(14)12-10/h3-4H,2,5,10H2,1H3,(H,11,13)(H,12,14). The van der Waals surface area contributed by atoms with Crippen molar-refractivity contribution in [3.05, 3.63) is 21.9 Å². The SMILES string of the molecule is CCCNC(=O)c1ccc(C(=O)NN)s1. The van der Waals surface area contributed by atoms with Crippen molar-refractivity contribution in [2.45, 2.75) is 13.3 Å². The summed E-state index contributed by atoms with van der Waals surface area (Å²) in [6.07, 6.45) is 0.882. The van der Waals surface area contributed by atoms with Gasteiger partial charge in [-0.15, -0.1) is 11.3 Å². The summed E-state index contributed by atoms with van der Waals surface area (Å²) in [5.74, 6) is 4.44. The van der Waals surface area contributed by atoms with Gasteiger partial charge in [-0.3, -0.25) is 15.0 Å². The Labute approximate surface area is 91.6 Å². The van der Waals surface area contributed by atoms with E-state index in [0.717, 1.165) is 17.8 Å². The number of nitrogens with one attached hydrogen (secondary N) is 2. The van der Waals surface area contributed by atoms with Crippen molar-refractivity contribution in [2.75, 3.05) is 6.54 Å². The van der Waals surface area contributed by atoms with Crippen LogP contribution >= 0.6 is 11.3 Å². The molecule has 0 spiro atoms. The van der Waals surface area contributed by atoms with Crippen LogP contribution in [0.4, 0.5) is 0 Å². The summed E-state index contributed by atoms with van der Waals surface area (Å²) in [6, 6.07) is 3.19. The van der Waals surface area contributed by atoms with Gasteiger partial charge in [0.2, 0.25) is 0 Å². The molecule has 15 heavy (non-hydrogen) atoms. The zero-order valence-electron chi connectivity index (χ0n) is 8.37. The number of thiophene rings is 1. The van der Waals surface area contributed by atoms with Gasteiger partial charge < -0.3 is 5.32 Å². The third-order valence-electron chi connectivity index (χ3n) is 1.72. The summed E-state index contributed by atoms with van der Waals surface area (Å²) < 4.78 is 0. The Morgan fingerprint density at radius 2 is 1.93 bits per heavy atom. The molecule has 6 heteroatoms. The van der Waals surface area contributed by atoms with Gasteiger partial charge in [0.15, 0.2) is 0 Å². The number of hydrogen-bond donors (Lipinski definition) is 3. The fraction of sp³-hybridized carbons (Fsp3) is 0.333. The highest BCUT2D eigenvalue weighted by molar-refractivity contribution is 7.15. The lowest BCUT2D eigenvalue weighted by Crippen LogP contribution is -2.29. The lowest BCUT2D eigenvalue weighted by Gasteiger charge is -1.99. The summed E-state index contributed by atoms with van der Waals surface area (Å²) in [5.41, 5.74) is 2.02. The van der Waals surface area contributed by atoms with Crippen LogP contribution < -0.4 is 16.6 Å². The largest absolute Gasteiger partial charge is 0.351 e. The Bertz CT molecular complexity index is 362. The van der Waals surface area contributed by atoms with Crippen LogP contribution in [0.25, 0.3) is 0 Å². The van der Waals surface area contributed by atoms with E-state index in [2.05, 4.69) is 5.32 Å². The molecule has 1 aromatic heterocycles. The summed E-state index contributed by atoms with van der Waals surface area (Å²) in [6.45, 7) is 2.61. The van der Waals surface area contributed by atoms with Crippen molar-refractivity contribution in [2.24, 2.45) is 5.84 Å². The molecule has 1 aromatic rings. The first kappa shape index (κ1) is 11.7. The maximum Gasteiger partial charge on any atom is 0.275 e. The van der Waals surface area contributed by atoms with Crippen molar-refractivity contribution in [3.8, 4) is 0 Å². The lowest BCUT2D eigenvalue weighted by atomic mass is 10.4. The van der Waals surface area contributed by atoms with Gasteiger partial charge in [-0.1, -0.05) is 6.92 Å². The van der Waals surface area contributed by atoms with E-state index in [-0.39, 0.29) is 11.8 Å². The Morgan fingerprint density at radius 1 is 1.33 bits per heavy atom. The van der Waals surface area contributed by atoms with Crippen LogP contribution in [0, 0.1) is 0 Å². The maximum absolute atomic E-state index is 11.5. The molecule has 1 heterocycles. The van der Waals surface area contributed by atoms with E-state index in [1.165, 1.54) is 0 Å². The summed E-state index contributed by atoms with van der Waals surface area (Å²) in [4.78, 5) is 23.5. The molecule has 0 unspecified atom stereocenters. The van der Waals surface area contributed by atoms with E-state index >= 15 is 0 Å².